The molecule has 2 aromatic carbocycles. The first-order chi connectivity index (χ1) is 10.0. The van der Waals surface area contributed by atoms with Crippen LogP contribution in [-0.4, -0.2) is 19.0 Å². The average molecular weight is 352 g/mol. The number of anilines is 1. The minimum absolute atomic E-state index is 0.187. The number of methoxy groups -OCH3 is 1. The second-order valence-electron chi connectivity index (χ2n) is 4.15. The molecule has 0 fully saturated rings. The molecule has 0 unspecified atom stereocenters. The van der Waals surface area contributed by atoms with Crippen molar-refractivity contribution < 1.29 is 18.7 Å². The molecule has 0 bridgehead atoms. The number of benzene rings is 2. The van der Waals surface area contributed by atoms with Gasteiger partial charge in [-0.1, -0.05) is 0 Å². The van der Waals surface area contributed by atoms with Crippen molar-refractivity contribution >= 4 is 33.5 Å². The Labute approximate surface area is 129 Å². The lowest BCUT2D eigenvalue weighted by Gasteiger charge is -2.07. The first kappa shape index (κ1) is 15.2. The second-order valence-corrected chi connectivity index (χ2v) is 5.00. The van der Waals surface area contributed by atoms with Crippen molar-refractivity contribution in [3.63, 3.8) is 0 Å². The van der Waals surface area contributed by atoms with E-state index in [0.29, 0.717) is 15.7 Å². The van der Waals surface area contributed by atoms with Gasteiger partial charge >= 0.3 is 5.97 Å². The van der Waals surface area contributed by atoms with Crippen LogP contribution in [0.5, 0.6) is 0 Å². The van der Waals surface area contributed by atoms with Crippen molar-refractivity contribution in [2.75, 3.05) is 12.4 Å². The van der Waals surface area contributed by atoms with Crippen LogP contribution in [0.3, 0.4) is 0 Å². The second kappa shape index (κ2) is 6.49. The number of carbonyl (C=O) groups is 2. The Hall–Kier alpha value is -2.21. The molecule has 108 valence electrons. The van der Waals surface area contributed by atoms with Gasteiger partial charge in [0, 0.05) is 10.2 Å². The number of nitrogens with one attached hydrogen (secondary N) is 1. The molecule has 0 heterocycles. The molecule has 0 aromatic heterocycles. The summed E-state index contributed by atoms with van der Waals surface area (Å²) in [5, 5.41) is 2.62. The highest BCUT2D eigenvalue weighted by Gasteiger charge is 2.12. The van der Waals surface area contributed by atoms with Gasteiger partial charge in [-0.2, -0.15) is 0 Å². The molecule has 0 spiro atoms. The lowest BCUT2D eigenvalue weighted by atomic mass is 10.2. The molecule has 4 nitrogen and oxygen atoms in total. The number of ether oxygens (including phenoxy) is 1. The van der Waals surface area contributed by atoms with E-state index in [1.54, 1.807) is 12.1 Å². The molecule has 1 amide bonds. The zero-order valence-corrected chi connectivity index (χ0v) is 12.6. The van der Waals surface area contributed by atoms with Crippen molar-refractivity contribution in [1.82, 2.24) is 0 Å². The van der Waals surface area contributed by atoms with E-state index in [-0.39, 0.29) is 5.56 Å². The molecule has 2 rings (SSSR count). The van der Waals surface area contributed by atoms with Gasteiger partial charge in [0.15, 0.2) is 0 Å². The summed E-state index contributed by atoms with van der Waals surface area (Å²) in [7, 11) is 1.29. The Morgan fingerprint density at radius 1 is 1.14 bits per heavy atom. The largest absolute Gasteiger partial charge is 0.465 e. The van der Waals surface area contributed by atoms with Crippen molar-refractivity contribution in [1.29, 1.82) is 0 Å². The SMILES string of the molecule is COC(=O)c1ccc(NC(=O)c2cc(F)ccc2Br)cc1. The van der Waals surface area contributed by atoms with Gasteiger partial charge in [-0.15, -0.1) is 0 Å². The number of esters is 1. The molecule has 0 saturated heterocycles. The van der Waals surface area contributed by atoms with Gasteiger partial charge in [0.2, 0.25) is 0 Å². The predicted octanol–water partition coefficient (Wildman–Crippen LogP) is 3.63. The van der Waals surface area contributed by atoms with Gasteiger partial charge in [-0.05, 0) is 58.4 Å². The summed E-state index contributed by atoms with van der Waals surface area (Å²) in [6.45, 7) is 0. The zero-order chi connectivity index (χ0) is 15.4. The van der Waals surface area contributed by atoms with Gasteiger partial charge < -0.3 is 10.1 Å². The number of halogens is 2. The molecular formula is C15H11BrFNO3. The number of carbonyl (C=O) groups excluding carboxylic acids is 2. The standard InChI is InChI=1S/C15H11BrFNO3/c1-21-15(20)9-2-5-11(6-3-9)18-14(19)12-8-10(17)4-7-13(12)16/h2-8H,1H3,(H,18,19). The summed E-state index contributed by atoms with van der Waals surface area (Å²) in [4.78, 5) is 23.4. The molecule has 2 aromatic rings. The summed E-state index contributed by atoms with van der Waals surface area (Å²) in [5.41, 5.74) is 1.05. The van der Waals surface area contributed by atoms with Crippen LogP contribution < -0.4 is 5.32 Å². The van der Waals surface area contributed by atoms with Gasteiger partial charge in [0.1, 0.15) is 5.82 Å². The van der Waals surface area contributed by atoms with Crippen LogP contribution in [0, 0.1) is 5.82 Å². The normalized spacial score (nSPS) is 10.0. The van der Waals surface area contributed by atoms with E-state index in [1.807, 2.05) is 0 Å². The maximum atomic E-state index is 13.2. The van der Waals surface area contributed by atoms with E-state index in [1.165, 1.54) is 31.4 Å². The van der Waals surface area contributed by atoms with Gasteiger partial charge in [-0.3, -0.25) is 4.79 Å². The quantitative estimate of drug-likeness (QED) is 0.859. The number of hydrogen-bond donors (Lipinski definition) is 1. The van der Waals surface area contributed by atoms with E-state index >= 15 is 0 Å². The fourth-order valence-corrected chi connectivity index (χ4v) is 2.10. The fraction of sp³-hybridized carbons (Fsp3) is 0.0667. The van der Waals surface area contributed by atoms with Crippen molar-refractivity contribution in [3.8, 4) is 0 Å². The Morgan fingerprint density at radius 3 is 2.43 bits per heavy atom. The van der Waals surface area contributed by atoms with E-state index in [9.17, 15) is 14.0 Å². The van der Waals surface area contributed by atoms with E-state index in [2.05, 4.69) is 26.0 Å². The molecule has 0 saturated carbocycles. The number of hydrogen-bond acceptors (Lipinski definition) is 3. The molecular weight excluding hydrogens is 341 g/mol. The van der Waals surface area contributed by atoms with Gasteiger partial charge in [0.05, 0.1) is 18.2 Å². The monoisotopic (exact) mass is 351 g/mol. The average Bonchev–Trinajstić information content (AvgIpc) is 2.49. The molecule has 0 aliphatic rings. The maximum absolute atomic E-state index is 13.2. The van der Waals surface area contributed by atoms with Crippen LogP contribution in [0.25, 0.3) is 0 Å². The van der Waals surface area contributed by atoms with Crippen LogP contribution >= 0.6 is 15.9 Å². The predicted molar refractivity (Wildman–Crippen MR) is 79.8 cm³/mol. The number of rotatable bonds is 3. The Bertz CT molecular complexity index is 686. The van der Waals surface area contributed by atoms with Crippen molar-refractivity contribution in [2.24, 2.45) is 0 Å². The highest BCUT2D eigenvalue weighted by Crippen LogP contribution is 2.20. The van der Waals surface area contributed by atoms with Crippen LogP contribution in [-0.2, 0) is 4.74 Å². The van der Waals surface area contributed by atoms with E-state index in [4.69, 9.17) is 0 Å². The lowest BCUT2D eigenvalue weighted by molar-refractivity contribution is 0.0600. The first-order valence-electron chi connectivity index (χ1n) is 5.96. The summed E-state index contributed by atoms with van der Waals surface area (Å²) >= 11 is 3.20. The molecule has 6 heteroatoms. The molecule has 0 atom stereocenters. The van der Waals surface area contributed by atoms with Crippen molar-refractivity contribution in [2.45, 2.75) is 0 Å². The molecule has 21 heavy (non-hydrogen) atoms. The number of amides is 1. The van der Waals surface area contributed by atoms with E-state index < -0.39 is 17.7 Å². The summed E-state index contributed by atoms with van der Waals surface area (Å²) in [6.07, 6.45) is 0. The highest BCUT2D eigenvalue weighted by molar-refractivity contribution is 9.10. The third-order valence-electron chi connectivity index (χ3n) is 2.74. The molecule has 0 radical (unpaired) electrons. The Balaban J connectivity index is 2.16. The maximum Gasteiger partial charge on any atom is 0.337 e. The third kappa shape index (κ3) is 3.66. The first-order valence-corrected chi connectivity index (χ1v) is 6.75. The minimum atomic E-state index is -0.496. The van der Waals surface area contributed by atoms with Crippen LogP contribution in [0.15, 0.2) is 46.9 Å². The zero-order valence-electron chi connectivity index (χ0n) is 11.0. The summed E-state index contributed by atoms with van der Waals surface area (Å²) in [6, 6.07) is 10.1. The Kier molecular flexibility index (Phi) is 4.70. The smallest absolute Gasteiger partial charge is 0.337 e. The highest BCUT2D eigenvalue weighted by atomic mass is 79.9. The van der Waals surface area contributed by atoms with Crippen LogP contribution in [0.2, 0.25) is 0 Å². The van der Waals surface area contributed by atoms with Gasteiger partial charge in [0.25, 0.3) is 5.91 Å². The lowest BCUT2D eigenvalue weighted by Crippen LogP contribution is -2.13. The topological polar surface area (TPSA) is 55.4 Å². The minimum Gasteiger partial charge on any atom is -0.465 e. The van der Waals surface area contributed by atoms with Crippen LogP contribution in [0.4, 0.5) is 10.1 Å². The molecule has 1 N–H and O–H groups in total. The van der Waals surface area contributed by atoms with Gasteiger partial charge in [-0.25, -0.2) is 9.18 Å². The van der Waals surface area contributed by atoms with Crippen molar-refractivity contribution in [3.05, 3.63) is 63.9 Å². The third-order valence-corrected chi connectivity index (χ3v) is 3.43. The van der Waals surface area contributed by atoms with Crippen LogP contribution in [0.1, 0.15) is 20.7 Å². The summed E-state index contributed by atoms with van der Waals surface area (Å²) in [5.74, 6) is -1.41. The fourth-order valence-electron chi connectivity index (χ4n) is 1.68. The summed E-state index contributed by atoms with van der Waals surface area (Å²) < 4.78 is 18.2. The Morgan fingerprint density at radius 2 is 1.81 bits per heavy atom. The molecule has 0 aliphatic heterocycles. The van der Waals surface area contributed by atoms with E-state index in [0.717, 1.165) is 6.07 Å². The molecule has 0 aliphatic carbocycles.